The number of nitrogens with zero attached hydrogens (tertiary/aromatic N) is 3. The van der Waals surface area contributed by atoms with Gasteiger partial charge in [0.15, 0.2) is 5.57 Å². The predicted molar refractivity (Wildman–Crippen MR) is 139 cm³/mol. The number of hydrogen-bond donors (Lipinski definition) is 2. The first-order valence-electron chi connectivity index (χ1n) is 12.0. The van der Waals surface area contributed by atoms with E-state index in [0.29, 0.717) is 22.3 Å². The molecule has 1 aliphatic heterocycles. The normalized spacial score (nSPS) is 13.1. The molecule has 10 heteroatoms. The van der Waals surface area contributed by atoms with Crippen molar-refractivity contribution < 1.29 is 13.9 Å². The summed E-state index contributed by atoms with van der Waals surface area (Å²) >= 11 is 1.06. The van der Waals surface area contributed by atoms with Crippen molar-refractivity contribution in [3.63, 3.8) is 0 Å². The van der Waals surface area contributed by atoms with Crippen LogP contribution < -0.4 is 30.1 Å². The lowest BCUT2D eigenvalue weighted by Crippen LogP contribution is -2.33. The number of ether oxygens (including phenoxy) is 1. The molecule has 3 rings (SSSR count). The topological polar surface area (TPSA) is 99.4 Å². The summed E-state index contributed by atoms with van der Waals surface area (Å²) in [6.07, 6.45) is 5.35. The van der Waals surface area contributed by atoms with E-state index in [1.165, 1.54) is 30.0 Å². The Morgan fingerprint density at radius 2 is 2.11 bits per heavy atom. The molecule has 0 radical (unpaired) electrons. The number of alkyl halides is 1. The molecule has 1 aliphatic rings. The van der Waals surface area contributed by atoms with E-state index in [0.717, 1.165) is 42.4 Å². The summed E-state index contributed by atoms with van der Waals surface area (Å²) < 4.78 is 20.2. The highest BCUT2D eigenvalue weighted by molar-refractivity contribution is 7.07. The molecule has 0 unspecified atom stereocenters. The van der Waals surface area contributed by atoms with E-state index in [4.69, 9.17) is 4.74 Å². The van der Waals surface area contributed by atoms with Crippen LogP contribution in [0.25, 0.3) is 11.5 Å². The summed E-state index contributed by atoms with van der Waals surface area (Å²) in [6, 6.07) is 9.30. The maximum atomic E-state index is 12.7. The third-order valence-electron chi connectivity index (χ3n) is 5.55. The number of hydrogen-bond acceptors (Lipinski definition) is 7. The molecule has 1 saturated heterocycles. The van der Waals surface area contributed by atoms with Gasteiger partial charge in [-0.1, -0.05) is 35.3 Å². The van der Waals surface area contributed by atoms with Crippen molar-refractivity contribution in [3.8, 4) is 11.8 Å². The molecule has 0 bridgehead atoms. The van der Waals surface area contributed by atoms with Crippen molar-refractivity contribution >= 4 is 34.4 Å². The highest BCUT2D eigenvalue weighted by Crippen LogP contribution is 2.17. The van der Waals surface area contributed by atoms with Crippen LogP contribution in [-0.4, -0.2) is 54.8 Å². The minimum absolute atomic E-state index is 0.200. The van der Waals surface area contributed by atoms with E-state index in [-0.39, 0.29) is 17.7 Å². The van der Waals surface area contributed by atoms with Crippen LogP contribution in [-0.2, 0) is 11.3 Å². The van der Waals surface area contributed by atoms with E-state index in [9.17, 15) is 19.2 Å². The zero-order valence-corrected chi connectivity index (χ0v) is 21.1. The number of halogens is 1. The molecule has 2 aromatic rings. The zero-order chi connectivity index (χ0) is 25.8. The molecule has 1 fully saturated rings. The fraction of sp³-hybridized carbons (Fsp3) is 0.423. The van der Waals surface area contributed by atoms with Gasteiger partial charge < -0.3 is 15.4 Å². The van der Waals surface area contributed by atoms with Crippen molar-refractivity contribution in [1.29, 1.82) is 5.26 Å². The standard InChI is InChI=1S/C26H30FN5O3S/c1-2-32-24(17-20(19-28)25(33)30-12-10-27)36-23(26(32)34)9-11-29-21-7-6-8-22(18-21)35-16-15-31-13-4-3-5-14-31/h6-8,11,18,29H,2-5,10,12-16H2,1H3,(H,30,33). The Labute approximate surface area is 213 Å². The molecule has 1 amide bonds. The smallest absolute Gasteiger partial charge is 0.277 e. The molecular weight excluding hydrogens is 481 g/mol. The average Bonchev–Trinajstić information content (AvgIpc) is 3.20. The quantitative estimate of drug-likeness (QED) is 0.372. The van der Waals surface area contributed by atoms with Crippen LogP contribution >= 0.6 is 11.3 Å². The van der Waals surface area contributed by atoms with Crippen molar-refractivity contribution in [2.45, 2.75) is 32.7 Å². The average molecular weight is 512 g/mol. The fourth-order valence-corrected chi connectivity index (χ4v) is 4.69. The second kappa shape index (κ2) is 14.1. The number of carbonyl (C=O) groups is 1. The number of rotatable bonds is 10. The van der Waals surface area contributed by atoms with Gasteiger partial charge in [-0.2, -0.15) is 5.26 Å². The molecule has 0 aliphatic carbocycles. The summed E-state index contributed by atoms with van der Waals surface area (Å²) in [5.41, 5.74) is 5.78. The van der Waals surface area contributed by atoms with Crippen LogP contribution in [0.5, 0.6) is 5.75 Å². The minimum atomic E-state index is -0.742. The summed E-state index contributed by atoms with van der Waals surface area (Å²) in [4.78, 5) is 27.2. The van der Waals surface area contributed by atoms with Crippen LogP contribution in [0.4, 0.5) is 10.1 Å². The summed E-state index contributed by atoms with van der Waals surface area (Å²) in [7, 11) is 0. The Bertz CT molecular complexity index is 1340. The summed E-state index contributed by atoms with van der Waals surface area (Å²) in [6.45, 7) is 4.96. The largest absolute Gasteiger partial charge is 0.492 e. The number of benzene rings is 1. The molecule has 0 spiro atoms. The maximum Gasteiger partial charge on any atom is 0.277 e. The van der Waals surface area contributed by atoms with Gasteiger partial charge in [-0.05, 0) is 45.0 Å². The van der Waals surface area contributed by atoms with Crippen LogP contribution in [0, 0.1) is 11.3 Å². The lowest BCUT2D eigenvalue weighted by atomic mass is 10.1. The van der Waals surface area contributed by atoms with Crippen LogP contribution in [0.3, 0.4) is 0 Å². The first-order valence-corrected chi connectivity index (χ1v) is 12.8. The van der Waals surface area contributed by atoms with Crippen LogP contribution in [0.15, 0.2) is 40.8 Å². The minimum Gasteiger partial charge on any atom is -0.492 e. The van der Waals surface area contributed by atoms with Crippen LogP contribution in [0.2, 0.25) is 0 Å². The third kappa shape index (κ3) is 7.70. The number of nitrogens with one attached hydrogen (secondary N) is 2. The number of piperidine rings is 1. The molecule has 190 valence electrons. The molecule has 1 aromatic carbocycles. The second-order valence-corrected chi connectivity index (χ2v) is 9.05. The summed E-state index contributed by atoms with van der Waals surface area (Å²) in [5, 5.41) is 14.7. The number of carbonyl (C=O) groups excluding carboxylic acids is 1. The molecule has 0 saturated carbocycles. The number of amides is 1. The number of aromatic nitrogens is 1. The highest BCUT2D eigenvalue weighted by atomic mass is 32.1. The second-order valence-electron chi connectivity index (χ2n) is 8.05. The van der Waals surface area contributed by atoms with Gasteiger partial charge >= 0.3 is 0 Å². The fourth-order valence-electron chi connectivity index (χ4n) is 3.71. The highest BCUT2D eigenvalue weighted by Gasteiger charge is 2.10. The monoisotopic (exact) mass is 511 g/mol. The number of anilines is 1. The molecular formula is C26H30FN5O3S. The lowest BCUT2D eigenvalue weighted by Gasteiger charge is -2.26. The van der Waals surface area contributed by atoms with Gasteiger partial charge in [0.05, 0.1) is 0 Å². The molecule has 8 nitrogen and oxygen atoms in total. The SMILES string of the molecule is CCn1c(=C=C(C#N)C(=O)NCCF)sc(=C=CNc2cccc(OCCN3CCCCC3)c2)c1=O. The van der Waals surface area contributed by atoms with Crippen LogP contribution in [0.1, 0.15) is 26.2 Å². The molecule has 2 heterocycles. The van der Waals surface area contributed by atoms with Gasteiger partial charge in [0.25, 0.3) is 11.5 Å². The van der Waals surface area contributed by atoms with Crippen molar-refractivity contribution in [2.24, 2.45) is 0 Å². The summed E-state index contributed by atoms with van der Waals surface area (Å²) in [5.74, 6) is 0.0198. The van der Waals surface area contributed by atoms with Gasteiger partial charge in [0.1, 0.15) is 34.3 Å². The van der Waals surface area contributed by atoms with Gasteiger partial charge in [-0.15, -0.1) is 0 Å². The first-order chi connectivity index (χ1) is 17.5. The van der Waals surface area contributed by atoms with Gasteiger partial charge in [0.2, 0.25) is 0 Å². The zero-order valence-electron chi connectivity index (χ0n) is 20.3. The van der Waals surface area contributed by atoms with E-state index < -0.39 is 12.6 Å². The lowest BCUT2D eigenvalue weighted by molar-refractivity contribution is -0.117. The number of nitriles is 1. The molecule has 0 atom stereocenters. The third-order valence-corrected chi connectivity index (χ3v) is 6.56. The van der Waals surface area contributed by atoms with E-state index in [1.54, 1.807) is 13.0 Å². The molecule has 2 N–H and O–H groups in total. The Hall–Kier alpha value is -3.60. The Kier molecular flexibility index (Phi) is 10.6. The Morgan fingerprint density at radius 3 is 2.83 bits per heavy atom. The first kappa shape index (κ1) is 27.0. The van der Waals surface area contributed by atoms with Crippen molar-refractivity contribution in [1.82, 2.24) is 14.8 Å². The number of thiazole rings is 1. The molecule has 1 aromatic heterocycles. The maximum absolute atomic E-state index is 12.7. The van der Waals surface area contributed by atoms with Gasteiger partial charge in [0, 0.05) is 37.6 Å². The van der Waals surface area contributed by atoms with E-state index in [1.807, 2.05) is 24.3 Å². The van der Waals surface area contributed by atoms with Gasteiger partial charge in [-0.25, -0.2) is 4.39 Å². The van der Waals surface area contributed by atoms with Crippen molar-refractivity contribution in [3.05, 3.63) is 55.6 Å². The van der Waals surface area contributed by atoms with E-state index in [2.05, 4.69) is 27.0 Å². The Balaban J connectivity index is 1.76. The Morgan fingerprint density at radius 1 is 1.31 bits per heavy atom. The molecule has 36 heavy (non-hydrogen) atoms. The van der Waals surface area contributed by atoms with Crippen molar-refractivity contribution in [2.75, 3.05) is 44.8 Å². The number of likely N-dealkylation sites (tertiary alicyclic amines) is 1. The van der Waals surface area contributed by atoms with E-state index >= 15 is 0 Å². The predicted octanol–water partition coefficient (Wildman–Crippen LogP) is 1.71. The van der Waals surface area contributed by atoms with Gasteiger partial charge in [-0.3, -0.25) is 19.1 Å².